The number of para-hydroxylation sites is 1. The third-order valence-electron chi connectivity index (χ3n) is 5.49. The molecule has 4 nitrogen and oxygen atoms in total. The number of alkyl halides is 3. The highest BCUT2D eigenvalue weighted by Gasteiger charge is 2.34. The van der Waals surface area contributed by atoms with Gasteiger partial charge in [-0.2, -0.15) is 13.2 Å². The molecule has 1 aliphatic carbocycles. The Hall–Kier alpha value is -3.16. The van der Waals surface area contributed by atoms with Crippen molar-refractivity contribution in [3.8, 4) is 0 Å². The van der Waals surface area contributed by atoms with Crippen LogP contribution in [0.15, 0.2) is 54.6 Å². The van der Waals surface area contributed by atoms with Crippen molar-refractivity contribution in [1.82, 2.24) is 10.3 Å². The van der Waals surface area contributed by atoms with Crippen LogP contribution in [0.3, 0.4) is 0 Å². The monoisotopic (exact) mass is 431 g/mol. The summed E-state index contributed by atoms with van der Waals surface area (Å²) in [5.74, 6) is -1.08. The van der Waals surface area contributed by atoms with E-state index >= 15 is 0 Å². The molecule has 1 saturated carbocycles. The van der Waals surface area contributed by atoms with Crippen LogP contribution in [0.5, 0.6) is 0 Å². The number of fused-ring (bicyclic) bond motifs is 1. The van der Waals surface area contributed by atoms with Gasteiger partial charge >= 0.3 is 6.18 Å². The van der Waals surface area contributed by atoms with Crippen molar-refractivity contribution in [2.45, 2.75) is 43.9 Å². The van der Waals surface area contributed by atoms with Crippen LogP contribution in [0, 0.1) is 5.82 Å². The molecule has 8 heteroatoms. The maximum atomic E-state index is 13.9. The number of nitrogens with one attached hydrogen (secondary N) is 2. The molecule has 3 aromatic rings. The van der Waals surface area contributed by atoms with Crippen LogP contribution < -0.4 is 10.6 Å². The molecule has 0 spiro atoms. The van der Waals surface area contributed by atoms with Crippen LogP contribution in [-0.2, 0) is 6.18 Å². The number of rotatable bonds is 4. The summed E-state index contributed by atoms with van der Waals surface area (Å²) in [6.07, 6.45) is -1.76. The summed E-state index contributed by atoms with van der Waals surface area (Å²) < 4.78 is 53.8. The van der Waals surface area contributed by atoms with Crippen molar-refractivity contribution < 1.29 is 22.4 Å². The summed E-state index contributed by atoms with van der Waals surface area (Å²) in [5, 5.41) is 6.68. The molecule has 162 valence electrons. The lowest BCUT2D eigenvalue weighted by Gasteiger charge is -2.31. The van der Waals surface area contributed by atoms with Gasteiger partial charge in [0, 0.05) is 23.2 Å². The van der Waals surface area contributed by atoms with Crippen LogP contribution in [-0.4, -0.2) is 23.0 Å². The highest BCUT2D eigenvalue weighted by molar-refractivity contribution is 5.94. The molecule has 0 aliphatic heterocycles. The predicted molar refractivity (Wildman–Crippen MR) is 110 cm³/mol. The third-order valence-corrected chi connectivity index (χ3v) is 5.49. The molecule has 1 aliphatic rings. The van der Waals surface area contributed by atoms with Crippen molar-refractivity contribution in [3.63, 3.8) is 0 Å². The predicted octanol–water partition coefficient (Wildman–Crippen LogP) is 5.55. The molecule has 4 rings (SSSR count). The van der Waals surface area contributed by atoms with E-state index in [1.165, 1.54) is 18.2 Å². The summed E-state index contributed by atoms with van der Waals surface area (Å²) in [6.45, 7) is 0. The van der Waals surface area contributed by atoms with Gasteiger partial charge in [0.05, 0.1) is 11.1 Å². The van der Waals surface area contributed by atoms with Gasteiger partial charge < -0.3 is 10.6 Å². The van der Waals surface area contributed by atoms with Gasteiger partial charge in [-0.3, -0.25) is 4.79 Å². The van der Waals surface area contributed by atoms with Crippen LogP contribution in [0.25, 0.3) is 10.9 Å². The lowest BCUT2D eigenvalue weighted by atomic mass is 9.90. The van der Waals surface area contributed by atoms with E-state index in [0.717, 1.165) is 25.3 Å². The topological polar surface area (TPSA) is 54.0 Å². The van der Waals surface area contributed by atoms with Crippen LogP contribution in [0.1, 0.15) is 41.7 Å². The van der Waals surface area contributed by atoms with Crippen molar-refractivity contribution in [2.75, 3.05) is 5.32 Å². The van der Waals surface area contributed by atoms with Gasteiger partial charge in [-0.05, 0) is 49.9 Å². The Morgan fingerprint density at radius 1 is 1.00 bits per heavy atom. The molecule has 0 saturated heterocycles. The maximum Gasteiger partial charge on any atom is 0.433 e. The van der Waals surface area contributed by atoms with E-state index in [2.05, 4.69) is 15.6 Å². The van der Waals surface area contributed by atoms with E-state index in [4.69, 9.17) is 0 Å². The number of hydrogen-bond donors (Lipinski definition) is 2. The summed E-state index contributed by atoms with van der Waals surface area (Å²) in [5.41, 5.74) is -0.342. The quantitative estimate of drug-likeness (QED) is 0.533. The molecular formula is C23H21F4N3O. The standard InChI is InChI=1S/C23H21F4N3O/c24-18-10-3-1-8-16(18)22(31)29-15-7-5-6-14(12-15)28-20-13-21(23(25,26)27)30-19-11-4-2-9-17(19)20/h1-4,8-11,13-15H,5-7,12H2,(H,28,30)(H,29,31)/t14-,15?/m0/s1. The molecule has 1 amide bonds. The van der Waals surface area contributed by atoms with Crippen LogP contribution >= 0.6 is 0 Å². The Balaban J connectivity index is 1.51. The van der Waals surface area contributed by atoms with E-state index < -0.39 is 23.6 Å². The largest absolute Gasteiger partial charge is 0.433 e. The third kappa shape index (κ3) is 4.78. The Bertz CT molecular complexity index is 1100. The molecule has 2 atom stereocenters. The van der Waals surface area contributed by atoms with Crippen molar-refractivity contribution >= 4 is 22.5 Å². The van der Waals surface area contributed by atoms with Gasteiger partial charge in [-0.15, -0.1) is 0 Å². The molecule has 31 heavy (non-hydrogen) atoms. The minimum atomic E-state index is -4.55. The second-order valence-corrected chi connectivity index (χ2v) is 7.73. The Labute approximate surface area is 176 Å². The van der Waals surface area contributed by atoms with Crippen LogP contribution in [0.4, 0.5) is 23.2 Å². The Morgan fingerprint density at radius 2 is 1.71 bits per heavy atom. The lowest BCUT2D eigenvalue weighted by molar-refractivity contribution is -0.140. The number of anilines is 1. The first-order chi connectivity index (χ1) is 14.8. The minimum Gasteiger partial charge on any atom is -0.382 e. The van der Waals surface area contributed by atoms with E-state index in [0.29, 0.717) is 17.5 Å². The average molecular weight is 431 g/mol. The normalized spacial score (nSPS) is 19.2. The number of halogens is 4. The fraction of sp³-hybridized carbons (Fsp3) is 0.304. The van der Waals surface area contributed by atoms with E-state index in [1.54, 1.807) is 30.3 Å². The number of pyridine rings is 1. The maximum absolute atomic E-state index is 13.9. The zero-order valence-electron chi connectivity index (χ0n) is 16.5. The van der Waals surface area contributed by atoms with E-state index in [9.17, 15) is 22.4 Å². The first-order valence-electron chi connectivity index (χ1n) is 10.1. The van der Waals surface area contributed by atoms with Gasteiger partial charge in [-0.25, -0.2) is 9.37 Å². The van der Waals surface area contributed by atoms with Crippen molar-refractivity contribution in [3.05, 3.63) is 71.7 Å². The van der Waals surface area contributed by atoms with Gasteiger partial charge in [-0.1, -0.05) is 30.3 Å². The number of hydrogen-bond acceptors (Lipinski definition) is 3. The highest BCUT2D eigenvalue weighted by Crippen LogP contribution is 2.34. The number of benzene rings is 2. The molecular weight excluding hydrogens is 410 g/mol. The lowest BCUT2D eigenvalue weighted by Crippen LogP contribution is -2.42. The first kappa shape index (κ1) is 21.1. The summed E-state index contributed by atoms with van der Waals surface area (Å²) in [6, 6.07) is 13.1. The summed E-state index contributed by atoms with van der Waals surface area (Å²) in [7, 11) is 0. The van der Waals surface area contributed by atoms with E-state index in [1.807, 2.05) is 0 Å². The summed E-state index contributed by atoms with van der Waals surface area (Å²) in [4.78, 5) is 16.2. The second kappa shape index (κ2) is 8.53. The molecule has 2 aromatic carbocycles. The fourth-order valence-corrected chi connectivity index (χ4v) is 4.02. The number of carbonyl (C=O) groups excluding carboxylic acids is 1. The highest BCUT2D eigenvalue weighted by atomic mass is 19.4. The van der Waals surface area contributed by atoms with Crippen molar-refractivity contribution in [1.29, 1.82) is 0 Å². The zero-order chi connectivity index (χ0) is 22.0. The summed E-state index contributed by atoms with van der Waals surface area (Å²) >= 11 is 0. The number of aromatic nitrogens is 1. The molecule has 0 radical (unpaired) electrons. The zero-order valence-corrected chi connectivity index (χ0v) is 16.5. The molecule has 1 aromatic heterocycles. The number of amides is 1. The molecule has 1 fully saturated rings. The van der Waals surface area contributed by atoms with Gasteiger partial charge in [0.1, 0.15) is 11.5 Å². The SMILES string of the molecule is O=C(NC1CCC[C@H](Nc2cc(C(F)(F)F)nc3ccccc23)C1)c1ccccc1F. The smallest absolute Gasteiger partial charge is 0.382 e. The molecule has 1 unspecified atom stereocenters. The van der Waals surface area contributed by atoms with E-state index in [-0.39, 0.29) is 23.2 Å². The Kier molecular flexibility index (Phi) is 5.80. The first-order valence-corrected chi connectivity index (χ1v) is 10.1. The average Bonchev–Trinajstić information content (AvgIpc) is 2.73. The molecule has 1 heterocycles. The minimum absolute atomic E-state index is 0.0208. The van der Waals surface area contributed by atoms with Gasteiger partial charge in [0.2, 0.25) is 0 Å². The number of carbonyl (C=O) groups is 1. The van der Waals surface area contributed by atoms with Gasteiger partial charge in [0.15, 0.2) is 0 Å². The number of nitrogens with zero attached hydrogens (tertiary/aromatic N) is 1. The molecule has 2 N–H and O–H groups in total. The Morgan fingerprint density at radius 3 is 2.48 bits per heavy atom. The second-order valence-electron chi connectivity index (χ2n) is 7.73. The molecule has 0 bridgehead atoms. The van der Waals surface area contributed by atoms with Crippen molar-refractivity contribution in [2.24, 2.45) is 0 Å². The van der Waals surface area contributed by atoms with Gasteiger partial charge in [0.25, 0.3) is 5.91 Å². The fourth-order valence-electron chi connectivity index (χ4n) is 4.02. The van der Waals surface area contributed by atoms with Crippen LogP contribution in [0.2, 0.25) is 0 Å².